The van der Waals surface area contributed by atoms with E-state index in [1.165, 1.54) is 0 Å². The maximum absolute atomic E-state index is 12.3. The topological polar surface area (TPSA) is 50.8 Å². The van der Waals surface area contributed by atoms with Crippen molar-refractivity contribution in [3.8, 4) is 11.5 Å². The summed E-state index contributed by atoms with van der Waals surface area (Å²) < 4.78 is 11.3. The summed E-state index contributed by atoms with van der Waals surface area (Å²) in [5.41, 5.74) is 0.888. The Labute approximate surface area is 125 Å². The highest BCUT2D eigenvalue weighted by Gasteiger charge is 2.23. The van der Waals surface area contributed by atoms with Crippen molar-refractivity contribution in [1.82, 2.24) is 4.90 Å². The number of ether oxygens (including phenoxy) is 2. The van der Waals surface area contributed by atoms with Crippen LogP contribution >= 0.6 is 0 Å². The van der Waals surface area contributed by atoms with Crippen LogP contribution in [0.5, 0.6) is 11.5 Å². The van der Waals surface area contributed by atoms with E-state index < -0.39 is 0 Å². The molecule has 1 aromatic carbocycles. The van der Waals surface area contributed by atoms with Gasteiger partial charge in [-0.1, -0.05) is 0 Å². The summed E-state index contributed by atoms with van der Waals surface area (Å²) >= 11 is 0. The molecule has 5 nitrogen and oxygen atoms in total. The van der Waals surface area contributed by atoms with Gasteiger partial charge in [0.25, 0.3) is 0 Å². The predicted molar refractivity (Wildman–Crippen MR) is 80.9 cm³/mol. The molecule has 0 spiro atoms. The number of likely N-dealkylation sites (tertiary alicyclic amines) is 1. The SMILES string of the molecule is C[C@H](Nc1ccc2c(c1)OCCCO2)C(=O)N1CCCC1. The monoisotopic (exact) mass is 290 g/mol. The van der Waals surface area contributed by atoms with E-state index >= 15 is 0 Å². The van der Waals surface area contributed by atoms with Gasteiger partial charge in [-0.15, -0.1) is 0 Å². The van der Waals surface area contributed by atoms with E-state index in [9.17, 15) is 4.79 Å². The lowest BCUT2D eigenvalue weighted by atomic mass is 10.2. The molecule has 1 atom stereocenters. The van der Waals surface area contributed by atoms with Crippen molar-refractivity contribution in [3.63, 3.8) is 0 Å². The van der Waals surface area contributed by atoms with E-state index in [1.807, 2.05) is 30.0 Å². The lowest BCUT2D eigenvalue weighted by Gasteiger charge is -2.22. The summed E-state index contributed by atoms with van der Waals surface area (Å²) in [6, 6.07) is 5.51. The summed E-state index contributed by atoms with van der Waals surface area (Å²) in [6.45, 7) is 5.02. The molecular formula is C16H22N2O3. The molecule has 0 radical (unpaired) electrons. The van der Waals surface area contributed by atoms with Gasteiger partial charge in [0.1, 0.15) is 6.04 Å². The fourth-order valence-electron chi connectivity index (χ4n) is 2.78. The van der Waals surface area contributed by atoms with Crippen molar-refractivity contribution in [2.45, 2.75) is 32.2 Å². The Morgan fingerprint density at radius 3 is 2.62 bits per heavy atom. The summed E-state index contributed by atoms with van der Waals surface area (Å²) in [4.78, 5) is 14.2. The highest BCUT2D eigenvalue weighted by Crippen LogP contribution is 2.32. The van der Waals surface area contributed by atoms with Gasteiger partial charge in [-0.25, -0.2) is 0 Å². The number of anilines is 1. The first kappa shape index (κ1) is 14.0. The molecule has 0 saturated carbocycles. The fraction of sp³-hybridized carbons (Fsp3) is 0.562. The largest absolute Gasteiger partial charge is 0.490 e. The Morgan fingerprint density at radius 1 is 1.14 bits per heavy atom. The first-order valence-electron chi connectivity index (χ1n) is 7.69. The molecule has 21 heavy (non-hydrogen) atoms. The van der Waals surface area contributed by atoms with Crippen LogP contribution in [0.2, 0.25) is 0 Å². The molecule has 1 amide bonds. The van der Waals surface area contributed by atoms with Gasteiger partial charge in [-0.2, -0.15) is 0 Å². The van der Waals surface area contributed by atoms with Crippen molar-refractivity contribution in [2.75, 3.05) is 31.6 Å². The molecule has 5 heteroatoms. The van der Waals surface area contributed by atoms with Gasteiger partial charge in [-0.3, -0.25) is 4.79 Å². The van der Waals surface area contributed by atoms with Gasteiger partial charge in [-0.05, 0) is 31.9 Å². The van der Waals surface area contributed by atoms with Crippen molar-refractivity contribution in [1.29, 1.82) is 0 Å². The molecule has 0 bridgehead atoms. The zero-order valence-electron chi connectivity index (χ0n) is 12.4. The van der Waals surface area contributed by atoms with Crippen LogP contribution in [-0.4, -0.2) is 43.2 Å². The molecular weight excluding hydrogens is 268 g/mol. The van der Waals surface area contributed by atoms with Crippen molar-refractivity contribution in [2.24, 2.45) is 0 Å². The molecule has 3 rings (SSSR count). The zero-order chi connectivity index (χ0) is 14.7. The summed E-state index contributed by atoms with van der Waals surface area (Å²) in [6.07, 6.45) is 3.12. The number of hydrogen-bond acceptors (Lipinski definition) is 4. The number of rotatable bonds is 3. The smallest absolute Gasteiger partial charge is 0.244 e. The van der Waals surface area contributed by atoms with Gasteiger partial charge in [0, 0.05) is 31.3 Å². The predicted octanol–water partition coefficient (Wildman–Crippen LogP) is 2.27. The Kier molecular flexibility index (Phi) is 4.18. The Balaban J connectivity index is 1.66. The maximum Gasteiger partial charge on any atom is 0.244 e. The Morgan fingerprint density at radius 2 is 1.86 bits per heavy atom. The first-order chi connectivity index (χ1) is 10.2. The minimum Gasteiger partial charge on any atom is -0.490 e. The summed E-state index contributed by atoms with van der Waals surface area (Å²) in [7, 11) is 0. The number of nitrogens with one attached hydrogen (secondary N) is 1. The number of carbonyl (C=O) groups is 1. The second kappa shape index (κ2) is 6.24. The number of nitrogens with zero attached hydrogens (tertiary/aromatic N) is 1. The minimum atomic E-state index is -0.229. The number of carbonyl (C=O) groups excluding carboxylic acids is 1. The zero-order valence-corrected chi connectivity index (χ0v) is 12.4. The highest BCUT2D eigenvalue weighted by atomic mass is 16.5. The van der Waals surface area contributed by atoms with E-state index in [4.69, 9.17) is 9.47 Å². The van der Waals surface area contributed by atoms with Crippen molar-refractivity contribution in [3.05, 3.63) is 18.2 Å². The van der Waals surface area contributed by atoms with E-state index in [-0.39, 0.29) is 11.9 Å². The molecule has 114 valence electrons. The number of amides is 1. The van der Waals surface area contributed by atoms with E-state index in [1.54, 1.807) is 0 Å². The standard InChI is InChI=1S/C16H22N2O3/c1-12(16(19)18-7-2-3-8-18)17-13-5-6-14-15(11-13)21-10-4-9-20-14/h5-6,11-12,17H,2-4,7-10H2,1H3/t12-/m0/s1. The fourth-order valence-corrected chi connectivity index (χ4v) is 2.78. The van der Waals surface area contributed by atoms with Crippen LogP contribution in [0.25, 0.3) is 0 Å². The number of hydrogen-bond donors (Lipinski definition) is 1. The third-order valence-corrected chi connectivity index (χ3v) is 3.92. The molecule has 1 saturated heterocycles. The quantitative estimate of drug-likeness (QED) is 0.928. The minimum absolute atomic E-state index is 0.166. The van der Waals surface area contributed by atoms with E-state index in [2.05, 4.69) is 5.32 Å². The number of benzene rings is 1. The average molecular weight is 290 g/mol. The third kappa shape index (κ3) is 3.23. The maximum atomic E-state index is 12.3. The molecule has 2 aliphatic heterocycles. The lowest BCUT2D eigenvalue weighted by Crippen LogP contribution is -2.39. The van der Waals surface area contributed by atoms with Crippen LogP contribution in [0.15, 0.2) is 18.2 Å². The van der Waals surface area contributed by atoms with E-state index in [0.29, 0.717) is 13.2 Å². The second-order valence-corrected chi connectivity index (χ2v) is 5.61. The Bertz CT molecular complexity index is 512. The van der Waals surface area contributed by atoms with Crippen LogP contribution in [0.3, 0.4) is 0 Å². The number of fused-ring (bicyclic) bond motifs is 1. The molecule has 0 aromatic heterocycles. The van der Waals surface area contributed by atoms with Crippen LogP contribution in [0.4, 0.5) is 5.69 Å². The molecule has 1 fully saturated rings. The highest BCUT2D eigenvalue weighted by molar-refractivity contribution is 5.84. The molecule has 1 aromatic rings. The van der Waals surface area contributed by atoms with Gasteiger partial charge in [0.05, 0.1) is 13.2 Å². The van der Waals surface area contributed by atoms with Crippen LogP contribution in [-0.2, 0) is 4.79 Å². The van der Waals surface area contributed by atoms with Gasteiger partial charge in [0.2, 0.25) is 5.91 Å². The summed E-state index contributed by atoms with van der Waals surface area (Å²) in [5, 5.41) is 3.26. The Hall–Kier alpha value is -1.91. The van der Waals surface area contributed by atoms with Crippen LogP contribution in [0.1, 0.15) is 26.2 Å². The van der Waals surface area contributed by atoms with Crippen molar-refractivity contribution < 1.29 is 14.3 Å². The van der Waals surface area contributed by atoms with Crippen molar-refractivity contribution >= 4 is 11.6 Å². The first-order valence-corrected chi connectivity index (χ1v) is 7.69. The third-order valence-electron chi connectivity index (χ3n) is 3.92. The average Bonchev–Trinajstić information content (AvgIpc) is 2.92. The normalized spacial score (nSPS) is 19.0. The molecule has 1 N–H and O–H groups in total. The van der Waals surface area contributed by atoms with Gasteiger partial charge >= 0.3 is 0 Å². The molecule has 2 heterocycles. The van der Waals surface area contributed by atoms with Gasteiger partial charge in [0.15, 0.2) is 11.5 Å². The molecule has 2 aliphatic rings. The van der Waals surface area contributed by atoms with Crippen LogP contribution < -0.4 is 14.8 Å². The summed E-state index contributed by atoms with van der Waals surface area (Å²) in [5.74, 6) is 1.69. The van der Waals surface area contributed by atoms with Gasteiger partial charge < -0.3 is 19.7 Å². The van der Waals surface area contributed by atoms with E-state index in [0.717, 1.165) is 49.5 Å². The van der Waals surface area contributed by atoms with Crippen LogP contribution in [0, 0.1) is 0 Å². The molecule has 0 aliphatic carbocycles. The lowest BCUT2D eigenvalue weighted by molar-refractivity contribution is -0.130. The molecule has 0 unspecified atom stereocenters. The second-order valence-electron chi connectivity index (χ2n) is 5.61.